The zero-order chi connectivity index (χ0) is 16.2. The summed E-state index contributed by atoms with van der Waals surface area (Å²) in [4.78, 5) is 12.3. The molecule has 0 unspecified atom stereocenters. The Morgan fingerprint density at radius 3 is 2.65 bits per heavy atom. The standard InChI is InChI=1S/C17H19NO3S2/c1-21-14-8-6-13(7-9-14)17(12-4-5-12)18-15(19)11-23(20)16-3-2-10-22-16/h2-3,6-10,12,17H,4-5,11H2,1H3,(H,18,19)/t17-,23+/m1/s1. The summed E-state index contributed by atoms with van der Waals surface area (Å²) in [7, 11) is 0.367. The quantitative estimate of drug-likeness (QED) is 0.835. The molecule has 1 aromatic heterocycles. The smallest absolute Gasteiger partial charge is 0.233 e. The summed E-state index contributed by atoms with van der Waals surface area (Å²) in [5, 5.41) is 4.93. The molecule has 1 N–H and O–H groups in total. The van der Waals surface area contributed by atoms with E-state index < -0.39 is 10.8 Å². The third-order valence-electron chi connectivity index (χ3n) is 3.87. The predicted octanol–water partition coefficient (Wildman–Crippen LogP) is 3.13. The van der Waals surface area contributed by atoms with Crippen molar-refractivity contribution in [2.75, 3.05) is 12.9 Å². The molecule has 6 heteroatoms. The van der Waals surface area contributed by atoms with Crippen LogP contribution in [-0.4, -0.2) is 23.0 Å². The second-order valence-electron chi connectivity index (χ2n) is 5.58. The maximum atomic E-state index is 12.3. The number of carbonyl (C=O) groups excluding carboxylic acids is 1. The molecule has 3 rings (SSSR count). The summed E-state index contributed by atoms with van der Waals surface area (Å²) < 4.78 is 18.1. The summed E-state index contributed by atoms with van der Waals surface area (Å²) in [6.07, 6.45) is 2.23. The largest absolute Gasteiger partial charge is 0.497 e. The molecule has 1 heterocycles. The first-order chi connectivity index (χ1) is 11.2. The minimum Gasteiger partial charge on any atom is -0.497 e. The zero-order valence-corrected chi connectivity index (χ0v) is 14.5. The normalized spacial score (nSPS) is 16.6. The lowest BCUT2D eigenvalue weighted by atomic mass is 10.0. The van der Waals surface area contributed by atoms with Crippen LogP contribution in [-0.2, 0) is 15.6 Å². The molecule has 23 heavy (non-hydrogen) atoms. The lowest BCUT2D eigenvalue weighted by molar-refractivity contribution is -0.119. The molecular formula is C17H19NO3S2. The van der Waals surface area contributed by atoms with Crippen LogP contribution in [0.25, 0.3) is 0 Å². The van der Waals surface area contributed by atoms with Gasteiger partial charge in [-0.25, -0.2) is 0 Å². The number of amides is 1. The Bertz CT molecular complexity index is 678. The number of hydrogen-bond donors (Lipinski definition) is 1. The fourth-order valence-corrected chi connectivity index (χ4v) is 4.43. The number of methoxy groups -OCH3 is 1. The average molecular weight is 349 g/mol. The number of thiophene rings is 1. The molecule has 0 aliphatic heterocycles. The molecule has 1 amide bonds. The van der Waals surface area contributed by atoms with E-state index in [1.807, 2.05) is 35.7 Å². The van der Waals surface area contributed by atoms with Crippen molar-refractivity contribution < 1.29 is 13.7 Å². The lowest BCUT2D eigenvalue weighted by Gasteiger charge is -2.19. The fourth-order valence-electron chi connectivity index (χ4n) is 2.51. The summed E-state index contributed by atoms with van der Waals surface area (Å²) in [6, 6.07) is 11.4. The van der Waals surface area contributed by atoms with E-state index in [9.17, 15) is 9.00 Å². The number of carbonyl (C=O) groups is 1. The van der Waals surface area contributed by atoms with Gasteiger partial charge in [-0.05, 0) is 47.9 Å². The average Bonchev–Trinajstić information content (AvgIpc) is 3.25. The van der Waals surface area contributed by atoms with Crippen molar-refractivity contribution in [3.8, 4) is 5.75 Å². The Kier molecular flexibility index (Phi) is 5.13. The number of ether oxygens (including phenoxy) is 1. The van der Waals surface area contributed by atoms with Gasteiger partial charge in [0, 0.05) is 0 Å². The van der Waals surface area contributed by atoms with Crippen LogP contribution < -0.4 is 10.1 Å². The highest BCUT2D eigenvalue weighted by Crippen LogP contribution is 2.41. The minimum atomic E-state index is -1.27. The number of benzene rings is 1. The van der Waals surface area contributed by atoms with Gasteiger partial charge >= 0.3 is 0 Å². The van der Waals surface area contributed by atoms with Gasteiger partial charge in [0.2, 0.25) is 5.91 Å². The van der Waals surface area contributed by atoms with E-state index in [4.69, 9.17) is 4.74 Å². The van der Waals surface area contributed by atoms with Gasteiger partial charge < -0.3 is 10.1 Å². The van der Waals surface area contributed by atoms with Gasteiger partial charge in [0.1, 0.15) is 11.5 Å². The van der Waals surface area contributed by atoms with Gasteiger partial charge in [-0.15, -0.1) is 11.3 Å². The van der Waals surface area contributed by atoms with Crippen molar-refractivity contribution >= 4 is 28.0 Å². The molecule has 4 nitrogen and oxygen atoms in total. The van der Waals surface area contributed by atoms with Crippen LogP contribution in [0.15, 0.2) is 46.0 Å². The van der Waals surface area contributed by atoms with E-state index in [-0.39, 0.29) is 17.7 Å². The Balaban J connectivity index is 1.65. The van der Waals surface area contributed by atoms with Gasteiger partial charge in [0.25, 0.3) is 0 Å². The molecule has 0 radical (unpaired) electrons. The van der Waals surface area contributed by atoms with Gasteiger partial charge in [0.15, 0.2) is 0 Å². The maximum absolute atomic E-state index is 12.3. The molecule has 1 saturated carbocycles. The molecule has 0 bridgehead atoms. The summed E-state index contributed by atoms with van der Waals surface area (Å²) in [5.41, 5.74) is 1.07. The SMILES string of the molecule is COc1ccc([C@H](NC(=O)C[S@](=O)c2cccs2)C2CC2)cc1. The van der Waals surface area contributed by atoms with Gasteiger partial charge in [-0.1, -0.05) is 18.2 Å². The highest BCUT2D eigenvalue weighted by atomic mass is 32.2. The van der Waals surface area contributed by atoms with Crippen LogP contribution in [0, 0.1) is 5.92 Å². The van der Waals surface area contributed by atoms with Crippen LogP contribution in [0.2, 0.25) is 0 Å². The van der Waals surface area contributed by atoms with Crippen molar-refractivity contribution in [1.82, 2.24) is 5.32 Å². The summed E-state index contributed by atoms with van der Waals surface area (Å²) in [6.45, 7) is 0. The van der Waals surface area contributed by atoms with Crippen molar-refractivity contribution in [2.45, 2.75) is 23.1 Å². The van der Waals surface area contributed by atoms with Crippen LogP contribution in [0.4, 0.5) is 0 Å². The van der Waals surface area contributed by atoms with Gasteiger partial charge in [0.05, 0.1) is 28.2 Å². The Morgan fingerprint density at radius 2 is 2.09 bits per heavy atom. The maximum Gasteiger partial charge on any atom is 0.233 e. The Labute approximate surface area is 142 Å². The number of nitrogens with one attached hydrogen (secondary N) is 1. The monoisotopic (exact) mass is 349 g/mol. The van der Waals surface area contributed by atoms with Gasteiger partial charge in [-0.3, -0.25) is 9.00 Å². The van der Waals surface area contributed by atoms with E-state index in [0.717, 1.165) is 28.4 Å². The van der Waals surface area contributed by atoms with E-state index in [2.05, 4.69) is 5.32 Å². The van der Waals surface area contributed by atoms with Crippen LogP contribution in [0.5, 0.6) is 5.75 Å². The topological polar surface area (TPSA) is 55.4 Å². The van der Waals surface area contributed by atoms with Crippen LogP contribution >= 0.6 is 11.3 Å². The number of rotatable bonds is 7. The van der Waals surface area contributed by atoms with E-state index in [1.165, 1.54) is 11.3 Å². The van der Waals surface area contributed by atoms with E-state index >= 15 is 0 Å². The molecular weight excluding hydrogens is 330 g/mol. The molecule has 122 valence electrons. The highest BCUT2D eigenvalue weighted by molar-refractivity contribution is 7.88. The highest BCUT2D eigenvalue weighted by Gasteiger charge is 2.33. The molecule has 1 aromatic carbocycles. The first-order valence-corrected chi connectivity index (χ1v) is 9.72. The first-order valence-electron chi connectivity index (χ1n) is 7.52. The molecule has 1 aliphatic carbocycles. The minimum absolute atomic E-state index is 0.00579. The lowest BCUT2D eigenvalue weighted by Crippen LogP contribution is -2.33. The fraction of sp³-hybridized carbons (Fsp3) is 0.353. The van der Waals surface area contributed by atoms with Gasteiger partial charge in [-0.2, -0.15) is 0 Å². The van der Waals surface area contributed by atoms with Crippen LogP contribution in [0.3, 0.4) is 0 Å². The predicted molar refractivity (Wildman–Crippen MR) is 92.2 cm³/mol. The molecule has 2 atom stereocenters. The summed E-state index contributed by atoms with van der Waals surface area (Å²) >= 11 is 1.42. The van der Waals surface area contributed by atoms with Crippen molar-refractivity contribution in [2.24, 2.45) is 5.92 Å². The first kappa shape index (κ1) is 16.2. The molecule has 0 saturated heterocycles. The Hall–Kier alpha value is -1.66. The van der Waals surface area contributed by atoms with Crippen molar-refractivity contribution in [1.29, 1.82) is 0 Å². The van der Waals surface area contributed by atoms with E-state index in [1.54, 1.807) is 13.2 Å². The second kappa shape index (κ2) is 7.27. The van der Waals surface area contributed by atoms with Crippen LogP contribution in [0.1, 0.15) is 24.4 Å². The summed E-state index contributed by atoms with van der Waals surface area (Å²) in [5.74, 6) is 1.13. The van der Waals surface area contributed by atoms with Crippen molar-refractivity contribution in [3.05, 3.63) is 47.3 Å². The van der Waals surface area contributed by atoms with E-state index in [0.29, 0.717) is 5.92 Å². The van der Waals surface area contributed by atoms with Crippen molar-refractivity contribution in [3.63, 3.8) is 0 Å². The Morgan fingerprint density at radius 1 is 1.35 bits per heavy atom. The number of hydrogen-bond acceptors (Lipinski definition) is 4. The molecule has 1 fully saturated rings. The molecule has 2 aromatic rings. The second-order valence-corrected chi connectivity index (χ2v) is 8.20. The third-order valence-corrected chi connectivity index (χ3v) is 6.48. The molecule has 0 spiro atoms. The third kappa shape index (κ3) is 4.20. The zero-order valence-electron chi connectivity index (χ0n) is 12.9. The molecule has 1 aliphatic rings.